The standard InChI is InChI=1S/C15H19N3O2/c1-15(2,3)8-13-17-14(20-18-13)12-9-16-10-6-4-5-7-11(10)19-12/h4-7,12,16H,8-9H2,1-3H3. The van der Waals surface area contributed by atoms with Crippen molar-refractivity contribution < 1.29 is 9.26 Å². The smallest absolute Gasteiger partial charge is 0.269 e. The molecular weight excluding hydrogens is 254 g/mol. The molecule has 0 aliphatic carbocycles. The number of ether oxygens (including phenoxy) is 1. The van der Waals surface area contributed by atoms with Crippen LogP contribution in [-0.2, 0) is 6.42 Å². The zero-order valence-electron chi connectivity index (χ0n) is 12.0. The molecule has 2 aromatic rings. The predicted molar refractivity (Wildman–Crippen MR) is 75.8 cm³/mol. The number of aromatic nitrogens is 2. The molecule has 5 heteroatoms. The Morgan fingerprint density at radius 3 is 2.90 bits per heavy atom. The van der Waals surface area contributed by atoms with Gasteiger partial charge < -0.3 is 14.6 Å². The SMILES string of the molecule is CC(C)(C)Cc1noc(C2CNc3ccccc3O2)n1. The van der Waals surface area contributed by atoms with Gasteiger partial charge in [-0.1, -0.05) is 38.1 Å². The summed E-state index contributed by atoms with van der Waals surface area (Å²) in [5, 5.41) is 7.35. The molecule has 1 aromatic heterocycles. The highest BCUT2D eigenvalue weighted by Crippen LogP contribution is 2.33. The van der Waals surface area contributed by atoms with E-state index < -0.39 is 0 Å². The first-order valence-corrected chi connectivity index (χ1v) is 6.83. The highest BCUT2D eigenvalue weighted by Gasteiger charge is 2.26. The Kier molecular flexibility index (Phi) is 3.12. The molecule has 0 spiro atoms. The lowest BCUT2D eigenvalue weighted by Crippen LogP contribution is -2.23. The summed E-state index contributed by atoms with van der Waals surface area (Å²) in [5.74, 6) is 2.08. The number of fused-ring (bicyclic) bond motifs is 1. The summed E-state index contributed by atoms with van der Waals surface area (Å²) >= 11 is 0. The number of nitrogens with zero attached hydrogens (tertiary/aromatic N) is 2. The van der Waals surface area contributed by atoms with E-state index in [4.69, 9.17) is 9.26 Å². The van der Waals surface area contributed by atoms with Crippen LogP contribution in [0.4, 0.5) is 5.69 Å². The van der Waals surface area contributed by atoms with Gasteiger partial charge in [0.25, 0.3) is 5.89 Å². The molecule has 5 nitrogen and oxygen atoms in total. The number of para-hydroxylation sites is 2. The van der Waals surface area contributed by atoms with E-state index in [9.17, 15) is 0 Å². The van der Waals surface area contributed by atoms with Gasteiger partial charge in [-0.05, 0) is 17.5 Å². The summed E-state index contributed by atoms with van der Waals surface area (Å²) in [7, 11) is 0. The Morgan fingerprint density at radius 2 is 2.10 bits per heavy atom. The van der Waals surface area contributed by atoms with Gasteiger partial charge in [0.2, 0.25) is 0 Å². The summed E-state index contributed by atoms with van der Waals surface area (Å²) in [6.07, 6.45) is 0.555. The molecule has 3 rings (SSSR count). The van der Waals surface area contributed by atoms with Crippen LogP contribution in [0, 0.1) is 5.41 Å². The summed E-state index contributed by atoms with van der Waals surface area (Å²) in [6.45, 7) is 7.09. The van der Waals surface area contributed by atoms with Gasteiger partial charge in [-0.15, -0.1) is 0 Å². The van der Waals surface area contributed by atoms with Crippen LogP contribution in [-0.4, -0.2) is 16.7 Å². The largest absolute Gasteiger partial charge is 0.477 e. The van der Waals surface area contributed by atoms with Crippen LogP contribution in [0.1, 0.15) is 38.6 Å². The number of hydrogen-bond donors (Lipinski definition) is 1. The van der Waals surface area contributed by atoms with Gasteiger partial charge in [0.05, 0.1) is 12.2 Å². The Morgan fingerprint density at radius 1 is 1.30 bits per heavy atom. The molecule has 1 atom stereocenters. The van der Waals surface area contributed by atoms with Gasteiger partial charge in [-0.25, -0.2) is 0 Å². The maximum Gasteiger partial charge on any atom is 0.269 e. The van der Waals surface area contributed by atoms with Crippen molar-refractivity contribution in [3.63, 3.8) is 0 Å². The van der Waals surface area contributed by atoms with E-state index in [1.54, 1.807) is 0 Å². The normalized spacial score (nSPS) is 18.1. The van der Waals surface area contributed by atoms with Crippen LogP contribution in [0.5, 0.6) is 5.75 Å². The third-order valence-corrected chi connectivity index (χ3v) is 3.08. The number of anilines is 1. The number of benzene rings is 1. The van der Waals surface area contributed by atoms with Crippen molar-refractivity contribution in [3.05, 3.63) is 36.0 Å². The fourth-order valence-corrected chi connectivity index (χ4v) is 2.20. The molecule has 0 amide bonds. The van der Waals surface area contributed by atoms with E-state index in [1.165, 1.54) is 0 Å². The highest BCUT2D eigenvalue weighted by atomic mass is 16.5. The van der Waals surface area contributed by atoms with Crippen LogP contribution in [0.25, 0.3) is 0 Å². The summed E-state index contributed by atoms with van der Waals surface area (Å²) in [4.78, 5) is 4.45. The quantitative estimate of drug-likeness (QED) is 0.910. The molecule has 0 radical (unpaired) electrons. The van der Waals surface area contributed by atoms with Gasteiger partial charge >= 0.3 is 0 Å². The molecule has 1 N–H and O–H groups in total. The zero-order valence-corrected chi connectivity index (χ0v) is 12.0. The minimum atomic E-state index is -0.230. The summed E-state index contributed by atoms with van der Waals surface area (Å²) in [5.41, 5.74) is 1.14. The monoisotopic (exact) mass is 273 g/mol. The summed E-state index contributed by atoms with van der Waals surface area (Å²) in [6, 6.07) is 7.84. The minimum absolute atomic E-state index is 0.138. The molecule has 1 aromatic carbocycles. The Hall–Kier alpha value is -2.04. The maximum atomic E-state index is 5.90. The third kappa shape index (κ3) is 2.76. The Balaban J connectivity index is 1.75. The Bertz CT molecular complexity index is 601. The second-order valence-corrected chi connectivity index (χ2v) is 6.27. The van der Waals surface area contributed by atoms with Crippen LogP contribution >= 0.6 is 0 Å². The van der Waals surface area contributed by atoms with Crippen LogP contribution in [0.2, 0.25) is 0 Å². The third-order valence-electron chi connectivity index (χ3n) is 3.08. The average molecular weight is 273 g/mol. The number of nitrogens with one attached hydrogen (secondary N) is 1. The molecule has 0 saturated heterocycles. The highest BCUT2D eigenvalue weighted by molar-refractivity contribution is 5.57. The molecule has 20 heavy (non-hydrogen) atoms. The zero-order chi connectivity index (χ0) is 14.2. The van der Waals surface area contributed by atoms with Gasteiger partial charge in [0, 0.05) is 6.42 Å². The molecule has 1 unspecified atom stereocenters. The lowest BCUT2D eigenvalue weighted by atomic mass is 9.92. The van der Waals surface area contributed by atoms with Crippen LogP contribution < -0.4 is 10.1 Å². The lowest BCUT2D eigenvalue weighted by Gasteiger charge is -2.24. The number of hydrogen-bond acceptors (Lipinski definition) is 5. The van der Waals surface area contributed by atoms with E-state index in [1.807, 2.05) is 24.3 Å². The van der Waals surface area contributed by atoms with E-state index in [2.05, 4.69) is 36.2 Å². The van der Waals surface area contributed by atoms with Crippen molar-refractivity contribution in [1.29, 1.82) is 0 Å². The first kappa shape index (κ1) is 13.0. The molecule has 0 fully saturated rings. The van der Waals surface area contributed by atoms with Crippen molar-refractivity contribution in [2.75, 3.05) is 11.9 Å². The second kappa shape index (κ2) is 4.81. The van der Waals surface area contributed by atoms with E-state index in [0.717, 1.165) is 23.7 Å². The maximum absolute atomic E-state index is 5.90. The van der Waals surface area contributed by atoms with Crippen molar-refractivity contribution in [2.24, 2.45) is 5.41 Å². The first-order valence-electron chi connectivity index (χ1n) is 6.83. The number of rotatable bonds is 2. The van der Waals surface area contributed by atoms with Gasteiger partial charge in [0.15, 0.2) is 11.9 Å². The van der Waals surface area contributed by atoms with E-state index in [-0.39, 0.29) is 11.5 Å². The van der Waals surface area contributed by atoms with Gasteiger partial charge in [-0.3, -0.25) is 0 Å². The van der Waals surface area contributed by atoms with Crippen LogP contribution in [0.15, 0.2) is 28.8 Å². The van der Waals surface area contributed by atoms with E-state index in [0.29, 0.717) is 12.4 Å². The Labute approximate surface area is 118 Å². The molecule has 0 bridgehead atoms. The molecule has 2 heterocycles. The first-order chi connectivity index (χ1) is 9.51. The van der Waals surface area contributed by atoms with Crippen molar-refractivity contribution in [1.82, 2.24) is 10.1 Å². The molecule has 106 valence electrons. The molecule has 1 aliphatic rings. The fraction of sp³-hybridized carbons (Fsp3) is 0.467. The topological polar surface area (TPSA) is 60.2 Å². The van der Waals surface area contributed by atoms with Crippen molar-refractivity contribution in [2.45, 2.75) is 33.3 Å². The van der Waals surface area contributed by atoms with Crippen molar-refractivity contribution in [3.8, 4) is 5.75 Å². The van der Waals surface area contributed by atoms with Gasteiger partial charge in [-0.2, -0.15) is 4.98 Å². The van der Waals surface area contributed by atoms with Crippen LogP contribution in [0.3, 0.4) is 0 Å². The molecule has 1 aliphatic heterocycles. The van der Waals surface area contributed by atoms with Gasteiger partial charge in [0.1, 0.15) is 5.75 Å². The lowest BCUT2D eigenvalue weighted by molar-refractivity contribution is 0.162. The molecular formula is C15H19N3O2. The second-order valence-electron chi connectivity index (χ2n) is 6.27. The predicted octanol–water partition coefficient (Wildman–Crippen LogP) is 3.20. The van der Waals surface area contributed by atoms with E-state index >= 15 is 0 Å². The van der Waals surface area contributed by atoms with Crippen molar-refractivity contribution >= 4 is 5.69 Å². The fourth-order valence-electron chi connectivity index (χ4n) is 2.20. The minimum Gasteiger partial charge on any atom is -0.477 e. The molecule has 0 saturated carbocycles. The summed E-state index contributed by atoms with van der Waals surface area (Å²) < 4.78 is 11.2. The average Bonchev–Trinajstić information content (AvgIpc) is 2.84.